The maximum atomic E-state index is 16.5. The number of carbonyl (C=O) groups is 2. The van der Waals surface area contributed by atoms with Gasteiger partial charge >= 0.3 is 12.1 Å². The topological polar surface area (TPSA) is 89.3 Å². The van der Waals surface area contributed by atoms with E-state index in [9.17, 15) is 22.8 Å². The number of aromatic nitrogens is 3. The number of allylic oxidation sites excluding steroid dienone is 3. The van der Waals surface area contributed by atoms with Gasteiger partial charge in [0.2, 0.25) is 11.9 Å². The Kier molecular flexibility index (Phi) is 11.6. The van der Waals surface area contributed by atoms with Gasteiger partial charge in [-0.25, -0.2) is 13.7 Å². The van der Waals surface area contributed by atoms with E-state index >= 15 is 4.39 Å². The standard InChI is InChI=1S/C38H41ClF4N6O3/c1-7-23(4)15-18-49(6,33(51)9-3)31-12-10-11-28(40)35(31)34-24(5)48-37(45-36(46-48)25-16-19-52-20-17-25)47(30(34)8-2)22-32(50)44-29-14-13-26(21-27(29)39)38(41,42)43/h9-14,16,21,23H,3,5,7-8,15,17-20,22H2,1-2,4,6H3/p+1. The van der Waals surface area contributed by atoms with Crippen LogP contribution in [0.15, 0.2) is 67.4 Å². The number of rotatable bonds is 12. The highest BCUT2D eigenvalue weighted by molar-refractivity contribution is 6.33. The number of benzene rings is 2. The molecule has 3 heterocycles. The second-order valence-corrected chi connectivity index (χ2v) is 13.5. The van der Waals surface area contributed by atoms with Crippen molar-refractivity contribution < 1.29 is 31.9 Å². The number of fused-ring (bicyclic) bond motifs is 1. The van der Waals surface area contributed by atoms with E-state index in [2.05, 4.69) is 32.3 Å². The maximum absolute atomic E-state index is 16.5. The van der Waals surface area contributed by atoms with Crippen molar-refractivity contribution >= 4 is 57.6 Å². The summed E-state index contributed by atoms with van der Waals surface area (Å²) < 4.78 is 63.0. The predicted octanol–water partition coefficient (Wildman–Crippen LogP) is 8.73. The van der Waals surface area contributed by atoms with Crippen LogP contribution >= 0.6 is 11.6 Å². The number of carbonyl (C=O) groups excluding carboxylic acids is 2. The monoisotopic (exact) mass is 741 g/mol. The van der Waals surface area contributed by atoms with Crippen molar-refractivity contribution in [2.45, 2.75) is 52.6 Å². The van der Waals surface area contributed by atoms with E-state index in [1.54, 1.807) is 24.1 Å². The van der Waals surface area contributed by atoms with Gasteiger partial charge in [-0.05, 0) is 48.6 Å². The Labute approximate surface area is 305 Å². The summed E-state index contributed by atoms with van der Waals surface area (Å²) in [5.41, 5.74) is 1.42. The lowest BCUT2D eigenvalue weighted by Crippen LogP contribution is -2.51. The minimum absolute atomic E-state index is 0.0217. The number of nitrogens with zero attached hydrogens (tertiary/aromatic N) is 5. The van der Waals surface area contributed by atoms with E-state index in [0.717, 1.165) is 30.2 Å². The number of halogens is 5. The molecule has 2 unspecified atom stereocenters. The molecule has 0 saturated carbocycles. The van der Waals surface area contributed by atoms with Crippen molar-refractivity contribution in [3.05, 3.63) is 95.2 Å². The first kappa shape index (κ1) is 38.6. The Hall–Kier alpha value is -4.59. The highest BCUT2D eigenvalue weighted by Crippen LogP contribution is 2.46. The third-order valence-corrected chi connectivity index (χ3v) is 9.96. The molecule has 0 radical (unpaired) electrons. The lowest BCUT2D eigenvalue weighted by molar-refractivity contribution is -0.137. The molecule has 2 aromatic carbocycles. The normalized spacial score (nSPS) is 16.6. The molecule has 9 nitrogen and oxygen atoms in total. The summed E-state index contributed by atoms with van der Waals surface area (Å²) in [5, 5.41) is 7.08. The molecule has 276 valence electrons. The van der Waals surface area contributed by atoms with Gasteiger partial charge in [0.25, 0.3) is 0 Å². The molecule has 1 N–H and O–H groups in total. The number of alkyl halides is 3. The Bertz CT molecular complexity index is 1970. The molecule has 52 heavy (non-hydrogen) atoms. The lowest BCUT2D eigenvalue weighted by atomic mass is 9.93. The van der Waals surface area contributed by atoms with Gasteiger partial charge in [-0.3, -0.25) is 4.79 Å². The molecule has 0 bridgehead atoms. The van der Waals surface area contributed by atoms with Crippen molar-refractivity contribution in [1.29, 1.82) is 0 Å². The minimum atomic E-state index is -4.62. The summed E-state index contributed by atoms with van der Waals surface area (Å²) >= 11 is 6.17. The van der Waals surface area contributed by atoms with Crippen LogP contribution in [0.25, 0.3) is 16.8 Å². The first-order valence-electron chi connectivity index (χ1n) is 17.1. The van der Waals surface area contributed by atoms with E-state index < -0.39 is 30.0 Å². The average molecular weight is 742 g/mol. The number of hydrogen-bond donors (Lipinski definition) is 1. The molecular weight excluding hydrogens is 700 g/mol. The van der Waals surface area contributed by atoms with Gasteiger partial charge in [0.15, 0.2) is 11.5 Å². The molecule has 0 fully saturated rings. The average Bonchev–Trinajstić information content (AvgIpc) is 3.58. The van der Waals surface area contributed by atoms with Crippen LogP contribution in [0, 0.1) is 11.7 Å². The number of quaternary nitrogens is 1. The molecule has 14 heteroatoms. The maximum Gasteiger partial charge on any atom is 0.416 e. The van der Waals surface area contributed by atoms with Crippen molar-refractivity contribution in [1.82, 2.24) is 19.2 Å². The van der Waals surface area contributed by atoms with Gasteiger partial charge in [-0.1, -0.05) is 64.1 Å². The van der Waals surface area contributed by atoms with Gasteiger partial charge < -0.3 is 15.0 Å². The van der Waals surface area contributed by atoms with Crippen LogP contribution in [0.5, 0.6) is 0 Å². The largest absolute Gasteiger partial charge is 0.416 e. The van der Waals surface area contributed by atoms with Gasteiger partial charge in [-0.2, -0.15) is 22.8 Å². The molecule has 2 aliphatic rings. The van der Waals surface area contributed by atoms with Crippen molar-refractivity contribution in [3.8, 4) is 0 Å². The molecule has 1 aromatic heterocycles. The van der Waals surface area contributed by atoms with E-state index in [1.165, 1.54) is 16.8 Å². The SMILES string of the molecule is C=CC(=O)[N+](C)(CCC(C)CC)c1cccc(F)c1C1=C(CC)N(CC(=O)Nc2ccc(C(F)(F)F)cc2Cl)c2nc(C3=CCOCC3)nn2C1=C. The molecule has 3 aromatic rings. The summed E-state index contributed by atoms with van der Waals surface area (Å²) in [6.45, 7) is 14.9. The number of likely N-dealkylation sites (N-methyl/N-ethyl adjacent to an activating group) is 1. The smallest absolute Gasteiger partial charge is 0.377 e. The second-order valence-electron chi connectivity index (χ2n) is 13.0. The molecule has 2 amide bonds. The Balaban J connectivity index is 1.67. The van der Waals surface area contributed by atoms with Crippen LogP contribution in [0.2, 0.25) is 5.02 Å². The highest BCUT2D eigenvalue weighted by atomic mass is 35.5. The predicted molar refractivity (Wildman–Crippen MR) is 197 cm³/mol. The van der Waals surface area contributed by atoms with E-state index in [-0.39, 0.29) is 44.7 Å². The lowest BCUT2D eigenvalue weighted by Gasteiger charge is -2.36. The van der Waals surface area contributed by atoms with Crippen molar-refractivity contribution in [3.63, 3.8) is 0 Å². The summed E-state index contributed by atoms with van der Waals surface area (Å²) in [5.74, 6) is -0.667. The minimum Gasteiger partial charge on any atom is -0.377 e. The molecule has 0 aliphatic carbocycles. The molecule has 0 spiro atoms. The Morgan fingerprint density at radius 1 is 1.21 bits per heavy atom. The van der Waals surface area contributed by atoms with Crippen LogP contribution < -0.4 is 14.7 Å². The molecule has 2 atom stereocenters. The van der Waals surface area contributed by atoms with Gasteiger partial charge in [0.05, 0.1) is 54.3 Å². The molecule has 5 rings (SSSR count). The zero-order valence-corrected chi connectivity index (χ0v) is 30.4. The zero-order chi connectivity index (χ0) is 38.0. The number of amides is 2. The van der Waals surface area contributed by atoms with Crippen LogP contribution in [0.4, 0.5) is 34.9 Å². The summed E-state index contributed by atoms with van der Waals surface area (Å²) in [6, 6.07) is 7.22. The van der Waals surface area contributed by atoms with Crippen molar-refractivity contribution in [2.75, 3.05) is 43.6 Å². The van der Waals surface area contributed by atoms with Gasteiger partial charge in [-0.15, -0.1) is 5.10 Å². The summed E-state index contributed by atoms with van der Waals surface area (Å²) in [6.07, 6.45) is 0.863. The quantitative estimate of drug-likeness (QED) is 0.114. The fourth-order valence-electron chi connectivity index (χ4n) is 6.41. The van der Waals surface area contributed by atoms with E-state index in [0.29, 0.717) is 61.3 Å². The fraction of sp³-hybridized carbons (Fsp3) is 0.368. The van der Waals surface area contributed by atoms with Gasteiger partial charge in [0, 0.05) is 29.8 Å². The molecular formula is C38H42ClF4N6O3+. The van der Waals surface area contributed by atoms with Gasteiger partial charge in [0.1, 0.15) is 12.4 Å². The molecule has 2 aliphatic heterocycles. The number of ether oxygens (including phenoxy) is 1. The van der Waals surface area contributed by atoms with E-state index in [4.69, 9.17) is 26.4 Å². The Morgan fingerprint density at radius 3 is 2.58 bits per heavy atom. The molecule has 0 saturated heterocycles. The second kappa shape index (κ2) is 15.6. The van der Waals surface area contributed by atoms with E-state index in [1.807, 2.05) is 13.0 Å². The van der Waals surface area contributed by atoms with Crippen LogP contribution in [-0.4, -0.2) is 59.9 Å². The highest BCUT2D eigenvalue weighted by Gasteiger charge is 2.41. The number of hydrogen-bond acceptors (Lipinski definition) is 6. The first-order valence-corrected chi connectivity index (χ1v) is 17.4. The number of anilines is 2. The van der Waals surface area contributed by atoms with Crippen LogP contribution in [0.3, 0.4) is 0 Å². The summed E-state index contributed by atoms with van der Waals surface area (Å²) in [4.78, 5) is 33.8. The number of nitrogens with one attached hydrogen (secondary N) is 1. The third-order valence-electron chi connectivity index (χ3n) is 9.65. The van der Waals surface area contributed by atoms with Crippen LogP contribution in [0.1, 0.15) is 63.4 Å². The van der Waals surface area contributed by atoms with Crippen LogP contribution in [-0.2, 0) is 20.5 Å². The summed E-state index contributed by atoms with van der Waals surface area (Å²) in [7, 11) is 1.73. The fourth-order valence-corrected chi connectivity index (χ4v) is 6.64. The third kappa shape index (κ3) is 7.62. The first-order chi connectivity index (χ1) is 24.6. The zero-order valence-electron chi connectivity index (χ0n) is 29.6. The van der Waals surface area contributed by atoms with Crippen molar-refractivity contribution in [2.24, 2.45) is 5.92 Å². The Morgan fingerprint density at radius 2 is 1.96 bits per heavy atom.